The Morgan fingerprint density at radius 2 is 2.00 bits per heavy atom. The van der Waals surface area contributed by atoms with E-state index >= 15 is 0 Å². The maximum atomic E-state index is 10.8. The first-order valence-electron chi connectivity index (χ1n) is 8.74. The lowest BCUT2D eigenvalue weighted by molar-refractivity contribution is 0.0234. The highest BCUT2D eigenvalue weighted by Crippen LogP contribution is 2.42. The van der Waals surface area contributed by atoms with Crippen LogP contribution in [0.2, 0.25) is 0 Å². The van der Waals surface area contributed by atoms with Crippen molar-refractivity contribution < 1.29 is 14.6 Å². The van der Waals surface area contributed by atoms with Gasteiger partial charge in [-0.05, 0) is 19.9 Å². The number of rotatable bonds is 5. The molecule has 1 aliphatic rings. The molecule has 0 radical (unpaired) electrons. The van der Waals surface area contributed by atoms with Gasteiger partial charge in [0, 0.05) is 18.7 Å². The summed E-state index contributed by atoms with van der Waals surface area (Å²) in [5.41, 5.74) is 1.03. The van der Waals surface area contributed by atoms with Crippen LogP contribution in [-0.4, -0.2) is 57.0 Å². The van der Waals surface area contributed by atoms with E-state index in [-0.39, 0.29) is 18.0 Å². The number of hydrogen-bond donors (Lipinski definition) is 1. The third-order valence-corrected chi connectivity index (χ3v) is 5.46. The van der Waals surface area contributed by atoms with E-state index in [0.717, 1.165) is 29.3 Å². The van der Waals surface area contributed by atoms with Crippen LogP contribution in [0.15, 0.2) is 30.6 Å². The summed E-state index contributed by atoms with van der Waals surface area (Å²) in [6.45, 7) is 6.94. The molecule has 1 unspecified atom stereocenters. The normalized spacial score (nSPS) is 17.0. The van der Waals surface area contributed by atoms with Gasteiger partial charge in [0.1, 0.15) is 12.1 Å². The lowest BCUT2D eigenvalue weighted by Gasteiger charge is -2.35. The van der Waals surface area contributed by atoms with Crippen LogP contribution < -0.4 is 4.74 Å². The number of thiazole rings is 1. The molecule has 3 aromatic rings. The highest BCUT2D eigenvalue weighted by atomic mass is 32.1. The fourth-order valence-corrected chi connectivity index (χ4v) is 4.36. The van der Waals surface area contributed by atoms with Crippen molar-refractivity contribution >= 4 is 16.3 Å². The molecular formula is C18H22N4O3S. The van der Waals surface area contributed by atoms with Crippen molar-refractivity contribution in [1.29, 1.82) is 0 Å². The maximum absolute atomic E-state index is 10.8. The van der Waals surface area contributed by atoms with Crippen LogP contribution in [0, 0.1) is 0 Å². The first-order chi connectivity index (χ1) is 12.6. The summed E-state index contributed by atoms with van der Waals surface area (Å²) < 4.78 is 13.1. The number of ether oxygens (including phenoxy) is 2. The minimum Gasteiger partial charge on any atom is -0.492 e. The molecule has 2 aromatic heterocycles. The average Bonchev–Trinajstić information content (AvgIpc) is 3.21. The summed E-state index contributed by atoms with van der Waals surface area (Å²) >= 11 is 1.46. The Labute approximate surface area is 155 Å². The van der Waals surface area contributed by atoms with Crippen molar-refractivity contribution in [3.05, 3.63) is 41.0 Å². The quantitative estimate of drug-likeness (QED) is 0.740. The third kappa shape index (κ3) is 3.15. The topological polar surface area (TPSA) is 72.1 Å². The van der Waals surface area contributed by atoms with E-state index in [0.29, 0.717) is 18.2 Å². The first-order valence-corrected chi connectivity index (χ1v) is 9.55. The van der Waals surface area contributed by atoms with Crippen molar-refractivity contribution in [3.63, 3.8) is 0 Å². The van der Waals surface area contributed by atoms with E-state index in [4.69, 9.17) is 9.47 Å². The molecule has 7 nitrogen and oxygen atoms in total. The number of nitrogens with zero attached hydrogens (tertiary/aromatic N) is 4. The van der Waals surface area contributed by atoms with Gasteiger partial charge in [0.05, 0.1) is 30.2 Å². The molecule has 1 fully saturated rings. The molecule has 8 heteroatoms. The molecule has 3 heterocycles. The van der Waals surface area contributed by atoms with Crippen molar-refractivity contribution in [3.8, 4) is 11.6 Å². The smallest absolute Gasteiger partial charge is 0.230 e. The summed E-state index contributed by atoms with van der Waals surface area (Å²) in [7, 11) is 0. The zero-order valence-corrected chi connectivity index (χ0v) is 15.6. The molecule has 1 saturated heterocycles. The van der Waals surface area contributed by atoms with E-state index in [9.17, 15) is 5.11 Å². The lowest BCUT2D eigenvalue weighted by Crippen LogP contribution is -2.39. The molecule has 138 valence electrons. The van der Waals surface area contributed by atoms with Crippen LogP contribution in [0.25, 0.3) is 4.96 Å². The second-order valence-corrected chi connectivity index (χ2v) is 7.51. The van der Waals surface area contributed by atoms with Crippen LogP contribution in [0.1, 0.15) is 30.3 Å². The number of aromatic hydroxyl groups is 1. The van der Waals surface area contributed by atoms with Crippen molar-refractivity contribution in [2.24, 2.45) is 0 Å². The molecule has 0 saturated carbocycles. The first kappa shape index (κ1) is 17.3. The standard InChI is InChI=1S/C18H22N4O3S/c1-12(2)25-14-6-4-3-5-13(14)15(21-7-9-24-10-8-21)16-17(23)22-18(26-16)19-11-20-22/h3-6,11-12,15,23H,7-10H2,1-2H3. The number of para-hydroxylation sites is 1. The molecular weight excluding hydrogens is 352 g/mol. The van der Waals surface area contributed by atoms with Crippen molar-refractivity contribution in [1.82, 2.24) is 19.5 Å². The number of benzene rings is 1. The van der Waals surface area contributed by atoms with Gasteiger partial charge >= 0.3 is 0 Å². The van der Waals surface area contributed by atoms with Gasteiger partial charge in [-0.3, -0.25) is 4.90 Å². The third-order valence-electron chi connectivity index (χ3n) is 4.37. The van der Waals surface area contributed by atoms with Crippen molar-refractivity contribution in [2.75, 3.05) is 26.3 Å². The fraction of sp³-hybridized carbons (Fsp3) is 0.444. The average molecular weight is 374 g/mol. The molecule has 26 heavy (non-hydrogen) atoms. The summed E-state index contributed by atoms with van der Waals surface area (Å²) in [6.07, 6.45) is 1.52. The summed E-state index contributed by atoms with van der Waals surface area (Å²) in [4.78, 5) is 8.04. The molecule has 0 bridgehead atoms. The number of hydrogen-bond acceptors (Lipinski definition) is 7. The molecule has 1 N–H and O–H groups in total. The Kier molecular flexibility index (Phi) is 4.80. The molecule has 0 amide bonds. The fourth-order valence-electron chi connectivity index (χ4n) is 3.28. The molecule has 4 rings (SSSR count). The van der Waals surface area contributed by atoms with Crippen LogP contribution in [0.5, 0.6) is 11.6 Å². The predicted molar refractivity (Wildman–Crippen MR) is 99.0 cm³/mol. The van der Waals surface area contributed by atoms with Crippen LogP contribution in [-0.2, 0) is 4.74 Å². The zero-order valence-electron chi connectivity index (χ0n) is 14.8. The monoisotopic (exact) mass is 374 g/mol. The van der Waals surface area contributed by atoms with E-state index < -0.39 is 0 Å². The number of aromatic nitrogens is 3. The second-order valence-electron chi connectivity index (χ2n) is 6.50. The van der Waals surface area contributed by atoms with E-state index in [2.05, 4.69) is 21.0 Å². The molecule has 0 aliphatic carbocycles. The van der Waals surface area contributed by atoms with Gasteiger partial charge in [0.25, 0.3) is 0 Å². The number of fused-ring (bicyclic) bond motifs is 1. The van der Waals surface area contributed by atoms with Crippen LogP contribution >= 0.6 is 11.3 Å². The summed E-state index contributed by atoms with van der Waals surface area (Å²) in [5.74, 6) is 0.968. The minimum atomic E-state index is -0.137. The van der Waals surface area contributed by atoms with Gasteiger partial charge in [-0.15, -0.1) is 0 Å². The van der Waals surface area contributed by atoms with Gasteiger partial charge < -0.3 is 14.6 Å². The Morgan fingerprint density at radius 3 is 2.73 bits per heavy atom. The highest BCUT2D eigenvalue weighted by Gasteiger charge is 2.32. The van der Waals surface area contributed by atoms with E-state index in [1.165, 1.54) is 22.2 Å². The van der Waals surface area contributed by atoms with Gasteiger partial charge in [-0.2, -0.15) is 9.61 Å². The minimum absolute atomic E-state index is 0.0670. The molecule has 1 aliphatic heterocycles. The van der Waals surface area contributed by atoms with E-state index in [1.54, 1.807) is 0 Å². The Balaban J connectivity index is 1.84. The SMILES string of the molecule is CC(C)Oc1ccccc1C(c1sc2ncnn2c1O)N1CCOCC1. The molecule has 0 spiro atoms. The Bertz CT molecular complexity index is 886. The predicted octanol–water partition coefficient (Wildman–Crippen LogP) is 2.71. The Hall–Kier alpha value is -2.16. The summed E-state index contributed by atoms with van der Waals surface area (Å²) in [6, 6.07) is 7.89. The lowest BCUT2D eigenvalue weighted by atomic mass is 10.0. The van der Waals surface area contributed by atoms with Crippen LogP contribution in [0.3, 0.4) is 0 Å². The summed E-state index contributed by atoms with van der Waals surface area (Å²) in [5, 5.41) is 14.9. The number of morpholine rings is 1. The van der Waals surface area contributed by atoms with Gasteiger partial charge in [-0.25, -0.2) is 4.98 Å². The zero-order chi connectivity index (χ0) is 18.1. The van der Waals surface area contributed by atoms with Crippen LogP contribution in [0.4, 0.5) is 0 Å². The van der Waals surface area contributed by atoms with Gasteiger partial charge in [0.2, 0.25) is 10.8 Å². The highest BCUT2D eigenvalue weighted by molar-refractivity contribution is 7.17. The largest absolute Gasteiger partial charge is 0.492 e. The molecule has 1 atom stereocenters. The van der Waals surface area contributed by atoms with Crippen molar-refractivity contribution in [2.45, 2.75) is 26.0 Å². The Morgan fingerprint density at radius 1 is 1.23 bits per heavy atom. The maximum Gasteiger partial charge on any atom is 0.230 e. The van der Waals surface area contributed by atoms with E-state index in [1.807, 2.05) is 32.0 Å². The van der Waals surface area contributed by atoms with Gasteiger partial charge in [0.15, 0.2) is 0 Å². The second kappa shape index (κ2) is 7.22. The van der Waals surface area contributed by atoms with Gasteiger partial charge in [-0.1, -0.05) is 29.5 Å². The molecule has 1 aromatic carbocycles.